The molecule has 0 saturated carbocycles. The van der Waals surface area contributed by atoms with E-state index in [1.165, 1.54) is 24.3 Å². The first-order chi connectivity index (χ1) is 8.95. The van der Waals surface area contributed by atoms with E-state index in [4.69, 9.17) is 5.73 Å². The van der Waals surface area contributed by atoms with Crippen molar-refractivity contribution in [1.29, 1.82) is 0 Å². The van der Waals surface area contributed by atoms with Crippen LogP contribution in [0, 0.1) is 0 Å². The summed E-state index contributed by atoms with van der Waals surface area (Å²) >= 11 is 0. The van der Waals surface area contributed by atoms with Crippen LogP contribution in [-0.4, -0.2) is 25.4 Å². The third-order valence-corrected chi connectivity index (χ3v) is 2.32. The van der Waals surface area contributed by atoms with Gasteiger partial charge in [0.05, 0.1) is 12.6 Å². The van der Waals surface area contributed by atoms with Crippen LogP contribution in [0.4, 0.5) is 13.2 Å². The van der Waals surface area contributed by atoms with Crippen molar-refractivity contribution in [3.63, 3.8) is 0 Å². The fourth-order valence-corrected chi connectivity index (χ4v) is 1.41. The number of benzene rings is 1. The second kappa shape index (κ2) is 8.65. The summed E-state index contributed by atoms with van der Waals surface area (Å²) in [5.41, 5.74) is 5.84. The molecule has 0 amide bonds. The van der Waals surface area contributed by atoms with Crippen molar-refractivity contribution in [2.24, 2.45) is 5.73 Å². The quantitative estimate of drug-likeness (QED) is 0.820. The highest BCUT2D eigenvalue weighted by atomic mass is 35.5. The van der Waals surface area contributed by atoms with Crippen LogP contribution in [0.15, 0.2) is 24.3 Å². The number of alkyl halides is 3. The number of carbonyl (C=O) groups excluding carboxylic acids is 1. The van der Waals surface area contributed by atoms with E-state index in [2.05, 4.69) is 9.47 Å². The van der Waals surface area contributed by atoms with Gasteiger partial charge in [-0.2, -0.15) is 8.78 Å². The summed E-state index contributed by atoms with van der Waals surface area (Å²) in [6.45, 7) is -1.34. The summed E-state index contributed by atoms with van der Waals surface area (Å²) in [4.78, 5) is 11.2. The van der Waals surface area contributed by atoms with E-state index < -0.39 is 24.8 Å². The minimum Gasteiger partial charge on any atom is -0.464 e. The molecule has 0 aliphatic heterocycles. The Hall–Kier alpha value is -1.47. The smallest absolute Gasteiger partial charge is 0.387 e. The van der Waals surface area contributed by atoms with Crippen LogP contribution in [0.2, 0.25) is 0 Å². The molecule has 0 aliphatic carbocycles. The Morgan fingerprint density at radius 2 is 1.80 bits per heavy atom. The van der Waals surface area contributed by atoms with Crippen molar-refractivity contribution < 1.29 is 27.4 Å². The predicted molar refractivity (Wildman–Crippen MR) is 68.8 cm³/mol. The van der Waals surface area contributed by atoms with Crippen molar-refractivity contribution in [2.75, 3.05) is 6.61 Å². The van der Waals surface area contributed by atoms with E-state index in [-0.39, 0.29) is 30.3 Å². The fourth-order valence-electron chi connectivity index (χ4n) is 1.41. The van der Waals surface area contributed by atoms with Crippen LogP contribution in [-0.2, 0) is 9.53 Å². The van der Waals surface area contributed by atoms with Gasteiger partial charge in [-0.05, 0) is 24.6 Å². The summed E-state index contributed by atoms with van der Waals surface area (Å²) in [7, 11) is 0. The van der Waals surface area contributed by atoms with Gasteiger partial charge in [0, 0.05) is 0 Å². The molecule has 0 aromatic heterocycles. The van der Waals surface area contributed by atoms with Crippen LogP contribution in [0.1, 0.15) is 18.5 Å². The minimum atomic E-state index is -2.94. The number of halogens is 4. The first-order valence-corrected chi connectivity index (χ1v) is 5.56. The van der Waals surface area contributed by atoms with Gasteiger partial charge in [0.15, 0.2) is 0 Å². The van der Waals surface area contributed by atoms with Crippen molar-refractivity contribution in [3.05, 3.63) is 29.8 Å². The number of rotatable bonds is 6. The van der Waals surface area contributed by atoms with Gasteiger partial charge in [0.25, 0.3) is 0 Å². The van der Waals surface area contributed by atoms with Crippen molar-refractivity contribution in [3.8, 4) is 5.75 Å². The molecule has 4 nitrogen and oxygen atoms in total. The number of hydrogen-bond donors (Lipinski definition) is 1. The predicted octanol–water partition coefficient (Wildman–Crippen LogP) is 2.61. The molecule has 1 unspecified atom stereocenters. The highest BCUT2D eigenvalue weighted by Gasteiger charge is 2.27. The maximum atomic E-state index is 13.6. The highest BCUT2D eigenvalue weighted by Crippen LogP contribution is 2.22. The lowest BCUT2D eigenvalue weighted by Gasteiger charge is -2.16. The zero-order chi connectivity index (χ0) is 14.4. The van der Waals surface area contributed by atoms with Gasteiger partial charge >= 0.3 is 12.6 Å². The lowest BCUT2D eigenvalue weighted by atomic mass is 10.0. The van der Waals surface area contributed by atoms with Gasteiger partial charge in [-0.25, -0.2) is 9.18 Å². The zero-order valence-corrected chi connectivity index (χ0v) is 11.4. The Morgan fingerprint density at radius 1 is 1.25 bits per heavy atom. The molecule has 0 saturated heterocycles. The second-order valence-electron chi connectivity index (χ2n) is 3.63. The first-order valence-electron chi connectivity index (χ1n) is 5.56. The lowest BCUT2D eigenvalue weighted by molar-refractivity contribution is -0.149. The Balaban J connectivity index is 0.00000361. The van der Waals surface area contributed by atoms with Crippen LogP contribution in [0.3, 0.4) is 0 Å². The highest BCUT2D eigenvalue weighted by molar-refractivity contribution is 5.85. The molecule has 0 fully saturated rings. The number of hydrogen-bond acceptors (Lipinski definition) is 4. The van der Waals surface area contributed by atoms with Gasteiger partial charge < -0.3 is 15.2 Å². The Bertz CT molecular complexity index is 417. The van der Waals surface area contributed by atoms with Crippen LogP contribution >= 0.6 is 12.4 Å². The minimum absolute atomic E-state index is 0. The molecule has 2 atom stereocenters. The molecule has 0 aliphatic rings. The molecular formula is C12H15ClF3NO3. The van der Waals surface area contributed by atoms with E-state index in [9.17, 15) is 18.0 Å². The largest absolute Gasteiger partial charge is 0.464 e. The molecule has 1 rings (SSSR count). The Morgan fingerprint density at radius 3 is 2.25 bits per heavy atom. The molecule has 20 heavy (non-hydrogen) atoms. The molecule has 2 N–H and O–H groups in total. The molecule has 0 heterocycles. The number of nitrogens with two attached hydrogens (primary N) is 1. The summed E-state index contributed by atoms with van der Waals surface area (Å²) < 4.78 is 46.1. The molecule has 0 bridgehead atoms. The molecule has 1 aromatic carbocycles. The van der Waals surface area contributed by atoms with Crippen molar-refractivity contribution in [2.45, 2.75) is 25.7 Å². The van der Waals surface area contributed by atoms with Crippen LogP contribution in [0.5, 0.6) is 5.75 Å². The lowest BCUT2D eigenvalue weighted by Crippen LogP contribution is -2.31. The normalized spacial score (nSPS) is 13.3. The monoisotopic (exact) mass is 313 g/mol. The second-order valence-corrected chi connectivity index (χ2v) is 3.63. The Labute approximate surface area is 120 Å². The Kier molecular flexibility index (Phi) is 8.02. The molecular weight excluding hydrogens is 299 g/mol. The molecule has 0 radical (unpaired) electrons. The molecule has 0 spiro atoms. The van der Waals surface area contributed by atoms with E-state index in [0.717, 1.165) is 0 Å². The van der Waals surface area contributed by atoms with Gasteiger partial charge in [-0.15, -0.1) is 12.4 Å². The average molecular weight is 314 g/mol. The van der Waals surface area contributed by atoms with Crippen LogP contribution < -0.4 is 10.5 Å². The summed E-state index contributed by atoms with van der Waals surface area (Å²) in [6.07, 6.45) is -2.01. The number of esters is 1. The number of ether oxygens (including phenoxy) is 2. The van der Waals surface area contributed by atoms with Gasteiger partial charge in [0.1, 0.15) is 5.75 Å². The van der Waals surface area contributed by atoms with E-state index in [0.29, 0.717) is 0 Å². The maximum Gasteiger partial charge on any atom is 0.387 e. The van der Waals surface area contributed by atoms with Crippen molar-refractivity contribution >= 4 is 18.4 Å². The van der Waals surface area contributed by atoms with Crippen molar-refractivity contribution in [1.82, 2.24) is 0 Å². The standard InChI is InChI=1S/C12H14F3NO3.ClH/c1-2-18-11(17)9(13)10(16)7-3-5-8(6-4-7)19-12(14)15;/h3-6,9-10,12H,2,16H2,1H3;1H/t9?,10-;/m0./s1. The van der Waals surface area contributed by atoms with Crippen LogP contribution in [0.25, 0.3) is 0 Å². The van der Waals surface area contributed by atoms with Gasteiger partial charge in [-0.1, -0.05) is 12.1 Å². The summed E-state index contributed by atoms with van der Waals surface area (Å²) in [6, 6.07) is 3.85. The first kappa shape index (κ1) is 18.5. The SMILES string of the molecule is CCOC(=O)C(F)[C@@H](N)c1ccc(OC(F)F)cc1.Cl. The molecule has 114 valence electrons. The average Bonchev–Trinajstić information content (AvgIpc) is 2.37. The summed E-state index contributed by atoms with van der Waals surface area (Å²) in [5, 5.41) is 0. The zero-order valence-electron chi connectivity index (χ0n) is 10.6. The fraction of sp³-hybridized carbons (Fsp3) is 0.417. The molecule has 8 heteroatoms. The van der Waals surface area contributed by atoms with E-state index >= 15 is 0 Å². The van der Waals surface area contributed by atoms with E-state index in [1.54, 1.807) is 6.92 Å². The third kappa shape index (κ3) is 5.26. The topological polar surface area (TPSA) is 61.5 Å². The summed E-state index contributed by atoms with van der Waals surface area (Å²) in [5.74, 6) is -1.12. The van der Waals surface area contributed by atoms with E-state index in [1.807, 2.05) is 0 Å². The maximum absolute atomic E-state index is 13.6. The van der Waals surface area contributed by atoms with Gasteiger partial charge in [0.2, 0.25) is 6.17 Å². The van der Waals surface area contributed by atoms with Gasteiger partial charge in [-0.3, -0.25) is 0 Å². The molecule has 1 aromatic rings. The third-order valence-electron chi connectivity index (χ3n) is 2.32. The number of carbonyl (C=O) groups is 1.